The van der Waals surface area contributed by atoms with Crippen LogP contribution in [0.25, 0.3) is 0 Å². The number of nitrogens with zero attached hydrogens (tertiary/aromatic N) is 1. The third-order valence-corrected chi connectivity index (χ3v) is 4.67. The molecular formula is C12H18N2O10S2. The van der Waals surface area contributed by atoms with Crippen molar-refractivity contribution >= 4 is 20.2 Å². The van der Waals surface area contributed by atoms with Crippen LogP contribution in [0.15, 0.2) is 21.9 Å². The molecule has 0 saturated carbocycles. The molecule has 0 spiro atoms. The number of H-pyrrole nitrogens is 1. The molecule has 4 atom stereocenters. The Kier molecular flexibility index (Phi) is 5.47. The third kappa shape index (κ3) is 4.77. The predicted octanol–water partition coefficient (Wildman–Crippen LogP) is -2.49. The van der Waals surface area contributed by atoms with E-state index < -0.39 is 62.1 Å². The van der Waals surface area contributed by atoms with Crippen LogP contribution in [-0.4, -0.2) is 68.4 Å². The molecule has 0 aromatic carbocycles. The molecule has 0 radical (unpaired) electrons. The van der Waals surface area contributed by atoms with Gasteiger partial charge in [0.25, 0.3) is 25.8 Å². The highest BCUT2D eigenvalue weighted by Crippen LogP contribution is 2.40. The zero-order valence-corrected chi connectivity index (χ0v) is 15.6. The number of aliphatic hydroxyl groups is 1. The maximum Gasteiger partial charge on any atom is 0.330 e. The van der Waals surface area contributed by atoms with Crippen molar-refractivity contribution in [3.63, 3.8) is 0 Å². The molecule has 1 aromatic heterocycles. The van der Waals surface area contributed by atoms with E-state index in [0.29, 0.717) is 0 Å². The Morgan fingerprint density at radius 1 is 1.27 bits per heavy atom. The van der Waals surface area contributed by atoms with Crippen molar-refractivity contribution in [3.8, 4) is 0 Å². The van der Waals surface area contributed by atoms with Crippen LogP contribution >= 0.6 is 0 Å². The van der Waals surface area contributed by atoms with Crippen molar-refractivity contribution < 1.29 is 35.0 Å². The molecule has 1 saturated heterocycles. The molecule has 0 amide bonds. The van der Waals surface area contributed by atoms with Gasteiger partial charge in [0.1, 0.15) is 17.8 Å². The van der Waals surface area contributed by atoms with Crippen LogP contribution in [0.3, 0.4) is 0 Å². The van der Waals surface area contributed by atoms with Gasteiger partial charge in [0.2, 0.25) is 0 Å². The largest absolute Gasteiger partial charge is 0.383 e. The Morgan fingerprint density at radius 2 is 1.88 bits per heavy atom. The minimum absolute atomic E-state index is 0.663. The van der Waals surface area contributed by atoms with Crippen molar-refractivity contribution in [1.29, 1.82) is 0 Å². The zero-order valence-electron chi connectivity index (χ0n) is 14.0. The van der Waals surface area contributed by atoms with E-state index in [4.69, 9.17) is 8.92 Å². The summed E-state index contributed by atoms with van der Waals surface area (Å²) in [5, 5.41) is 10.8. The van der Waals surface area contributed by atoms with Gasteiger partial charge in [0, 0.05) is 12.3 Å². The first kappa shape index (κ1) is 20.7. The van der Waals surface area contributed by atoms with Crippen LogP contribution < -0.4 is 11.2 Å². The lowest BCUT2D eigenvalue weighted by Crippen LogP contribution is -2.49. The second kappa shape index (κ2) is 6.86. The Bertz CT molecular complexity index is 991. The van der Waals surface area contributed by atoms with Crippen molar-refractivity contribution in [3.05, 3.63) is 33.1 Å². The molecule has 14 heteroatoms. The average molecular weight is 414 g/mol. The molecule has 1 aliphatic rings. The summed E-state index contributed by atoms with van der Waals surface area (Å²) in [6, 6.07) is 0.994. The maximum absolute atomic E-state index is 12.0. The number of nitrogens with one attached hydrogen (secondary N) is 1. The van der Waals surface area contributed by atoms with E-state index in [0.717, 1.165) is 36.3 Å². The second-order valence-electron chi connectivity index (χ2n) is 5.98. The first-order valence-corrected chi connectivity index (χ1v) is 10.8. The molecule has 1 aliphatic heterocycles. The predicted molar refractivity (Wildman–Crippen MR) is 86.4 cm³/mol. The number of hydrogen-bond acceptors (Lipinski definition) is 10. The summed E-state index contributed by atoms with van der Waals surface area (Å²) in [5.74, 6) is 0. The average Bonchev–Trinajstić information content (AvgIpc) is 2.67. The quantitative estimate of drug-likeness (QED) is 0.474. The van der Waals surface area contributed by atoms with Gasteiger partial charge in [-0.25, -0.2) is 4.79 Å². The van der Waals surface area contributed by atoms with Gasteiger partial charge in [0.05, 0.1) is 19.1 Å². The van der Waals surface area contributed by atoms with Crippen LogP contribution in [-0.2, 0) is 33.3 Å². The van der Waals surface area contributed by atoms with Gasteiger partial charge in [-0.05, 0) is 6.92 Å². The number of rotatable bonds is 6. The van der Waals surface area contributed by atoms with Gasteiger partial charge in [-0.15, -0.1) is 0 Å². The van der Waals surface area contributed by atoms with E-state index in [-0.39, 0.29) is 0 Å². The number of hydrogen-bond donors (Lipinski definition) is 2. The summed E-state index contributed by atoms with van der Waals surface area (Å²) >= 11 is 0. The summed E-state index contributed by atoms with van der Waals surface area (Å²) in [6.45, 7) is 0.481. The number of aromatic amines is 1. The monoisotopic (exact) mass is 414 g/mol. The van der Waals surface area contributed by atoms with Crippen molar-refractivity contribution in [2.45, 2.75) is 31.0 Å². The van der Waals surface area contributed by atoms with E-state index in [1.54, 1.807) is 0 Å². The highest BCUT2D eigenvalue weighted by Gasteiger charge is 2.56. The van der Waals surface area contributed by atoms with E-state index in [1.807, 2.05) is 4.98 Å². The fourth-order valence-corrected chi connectivity index (χ4v) is 3.59. The van der Waals surface area contributed by atoms with E-state index in [2.05, 4.69) is 4.18 Å². The molecule has 2 N–H and O–H groups in total. The lowest BCUT2D eigenvalue weighted by atomic mass is 9.96. The highest BCUT2D eigenvalue weighted by atomic mass is 32.2. The highest BCUT2D eigenvalue weighted by molar-refractivity contribution is 7.86. The van der Waals surface area contributed by atoms with Gasteiger partial charge in [-0.3, -0.25) is 22.7 Å². The van der Waals surface area contributed by atoms with Crippen molar-refractivity contribution in [1.82, 2.24) is 9.55 Å². The van der Waals surface area contributed by atoms with E-state index in [1.165, 1.54) is 0 Å². The lowest BCUT2D eigenvalue weighted by molar-refractivity contribution is -0.0952. The third-order valence-electron chi connectivity index (χ3n) is 3.55. The summed E-state index contributed by atoms with van der Waals surface area (Å²) in [7, 11) is -7.97. The molecule has 12 nitrogen and oxygen atoms in total. The Balaban J connectivity index is 2.45. The van der Waals surface area contributed by atoms with Crippen LogP contribution in [0.4, 0.5) is 0 Å². The number of ether oxygens (including phenoxy) is 1. The summed E-state index contributed by atoms with van der Waals surface area (Å²) in [5.41, 5.74) is -3.70. The minimum atomic E-state index is -4.08. The lowest BCUT2D eigenvalue weighted by Gasteiger charge is -2.29. The standard InChI is InChI=1S/C12H18N2O10S2/c1-12(17)9(24-26(3,20)21)7(6-22-25(2,18)19)23-10(12)14-5-4-8(15)13-11(14)16/h4-5,7,9-10,17H,6H2,1-3H3,(H,13,15,16)/t7?,9-,10?,12+/m1/s1. The van der Waals surface area contributed by atoms with Gasteiger partial charge >= 0.3 is 5.69 Å². The SMILES string of the molecule is C[C@@]1(O)C(n2ccc(=O)[nH]c2=O)OC(COS(C)(=O)=O)[C@H]1OS(C)(=O)=O. The van der Waals surface area contributed by atoms with Gasteiger partial charge in [0.15, 0.2) is 6.23 Å². The van der Waals surface area contributed by atoms with Gasteiger partial charge < -0.3 is 9.84 Å². The fraction of sp³-hybridized carbons (Fsp3) is 0.667. The Morgan fingerprint density at radius 3 is 2.38 bits per heavy atom. The molecule has 1 aromatic rings. The maximum atomic E-state index is 12.0. The van der Waals surface area contributed by atoms with Crippen molar-refractivity contribution in [2.75, 3.05) is 19.1 Å². The minimum Gasteiger partial charge on any atom is -0.383 e. The summed E-state index contributed by atoms with van der Waals surface area (Å²) in [6.07, 6.45) is -1.86. The molecule has 0 aliphatic carbocycles. The van der Waals surface area contributed by atoms with Crippen LogP contribution in [0.5, 0.6) is 0 Å². The zero-order chi connectivity index (χ0) is 19.9. The molecule has 1 fully saturated rings. The fourth-order valence-electron chi connectivity index (χ4n) is 2.52. The van der Waals surface area contributed by atoms with E-state index >= 15 is 0 Å². The topological polar surface area (TPSA) is 171 Å². The van der Waals surface area contributed by atoms with Crippen LogP contribution in [0.1, 0.15) is 13.2 Å². The van der Waals surface area contributed by atoms with Crippen molar-refractivity contribution in [2.24, 2.45) is 0 Å². The first-order chi connectivity index (χ1) is 11.7. The Hall–Kier alpha value is -1.58. The number of aromatic nitrogens is 2. The van der Waals surface area contributed by atoms with Gasteiger partial charge in [-0.2, -0.15) is 16.8 Å². The summed E-state index contributed by atoms with van der Waals surface area (Å²) < 4.78 is 61.1. The molecule has 26 heavy (non-hydrogen) atoms. The summed E-state index contributed by atoms with van der Waals surface area (Å²) in [4.78, 5) is 25.1. The normalized spacial score (nSPS) is 29.8. The van der Waals surface area contributed by atoms with Gasteiger partial charge in [-0.1, -0.05) is 0 Å². The first-order valence-electron chi connectivity index (χ1n) is 7.13. The molecule has 2 unspecified atom stereocenters. The second-order valence-corrected chi connectivity index (χ2v) is 9.22. The van der Waals surface area contributed by atoms with E-state index in [9.17, 15) is 31.5 Å². The smallest absolute Gasteiger partial charge is 0.330 e. The molecular weight excluding hydrogens is 396 g/mol. The molecule has 148 valence electrons. The van der Waals surface area contributed by atoms with Crippen LogP contribution in [0.2, 0.25) is 0 Å². The van der Waals surface area contributed by atoms with Crippen LogP contribution in [0, 0.1) is 0 Å². The Labute approximate surface area is 148 Å². The molecule has 0 bridgehead atoms. The molecule has 2 rings (SSSR count). The molecule has 2 heterocycles.